The number of halogens is 1. The molecule has 5 heterocycles. The third-order valence-electron chi connectivity index (χ3n) is 8.01. The van der Waals surface area contributed by atoms with Crippen molar-refractivity contribution in [3.63, 3.8) is 0 Å². The molecule has 9 nitrogen and oxygen atoms in total. The van der Waals surface area contributed by atoms with E-state index in [4.69, 9.17) is 30.8 Å². The van der Waals surface area contributed by atoms with Crippen molar-refractivity contribution in [1.82, 2.24) is 19.4 Å². The number of carboxylic acids is 1. The first-order chi connectivity index (χ1) is 19.3. The van der Waals surface area contributed by atoms with Gasteiger partial charge in [-0.05, 0) is 60.7 Å². The molecule has 2 aromatic heterocycles. The Morgan fingerprint density at radius 3 is 2.75 bits per heavy atom. The van der Waals surface area contributed by atoms with Crippen LogP contribution in [0.3, 0.4) is 0 Å². The average molecular weight is 561 g/mol. The maximum Gasteiger partial charge on any atom is 0.335 e. The molecule has 1 N–H and O–H groups in total. The molecule has 3 aliphatic heterocycles. The Labute approximate surface area is 236 Å². The summed E-state index contributed by atoms with van der Waals surface area (Å²) in [6.07, 6.45) is 3.62. The molecule has 2 aromatic carbocycles. The SMILES string of the molecule is CC1(c2ccc(Cl)cn2)Oc2cccc(CC3CN(Cc4nc5ccc(C(=O)O)cc5n4CC4CCO4)C3)c2O1. The summed E-state index contributed by atoms with van der Waals surface area (Å²) in [5, 5.41) is 10.1. The van der Waals surface area contributed by atoms with Gasteiger partial charge in [-0.25, -0.2) is 9.78 Å². The fourth-order valence-corrected chi connectivity index (χ4v) is 5.91. The molecule has 10 heteroatoms. The van der Waals surface area contributed by atoms with Crippen LogP contribution in [-0.4, -0.2) is 56.3 Å². The van der Waals surface area contributed by atoms with E-state index in [1.54, 1.807) is 30.5 Å². The number of hydrogen-bond acceptors (Lipinski definition) is 7. The van der Waals surface area contributed by atoms with Crippen molar-refractivity contribution in [1.29, 1.82) is 0 Å². The van der Waals surface area contributed by atoms with Crippen LogP contribution < -0.4 is 9.47 Å². The molecule has 0 radical (unpaired) electrons. The number of rotatable bonds is 8. The molecule has 0 aliphatic carbocycles. The number of imidazole rings is 1. The van der Waals surface area contributed by atoms with Crippen molar-refractivity contribution in [2.45, 2.75) is 44.7 Å². The van der Waals surface area contributed by atoms with Gasteiger partial charge in [-0.1, -0.05) is 23.7 Å². The van der Waals surface area contributed by atoms with E-state index in [1.807, 2.05) is 25.1 Å². The van der Waals surface area contributed by atoms with Gasteiger partial charge in [0, 0.05) is 32.8 Å². The summed E-state index contributed by atoms with van der Waals surface area (Å²) >= 11 is 6.02. The Hall–Kier alpha value is -3.66. The van der Waals surface area contributed by atoms with Gasteiger partial charge in [0.1, 0.15) is 11.5 Å². The zero-order chi connectivity index (χ0) is 27.4. The summed E-state index contributed by atoms with van der Waals surface area (Å²) in [5.41, 5.74) is 3.71. The van der Waals surface area contributed by atoms with E-state index in [0.29, 0.717) is 29.7 Å². The lowest BCUT2D eigenvalue weighted by molar-refractivity contribution is -0.0722. The third-order valence-corrected chi connectivity index (χ3v) is 8.24. The maximum atomic E-state index is 11.6. The molecular formula is C30H29ClN4O5. The summed E-state index contributed by atoms with van der Waals surface area (Å²) in [6, 6.07) is 14.8. The first kappa shape index (κ1) is 25.3. The summed E-state index contributed by atoms with van der Waals surface area (Å²) in [6.45, 7) is 5.90. The Kier molecular flexibility index (Phi) is 6.18. The first-order valence-electron chi connectivity index (χ1n) is 13.5. The van der Waals surface area contributed by atoms with Crippen LogP contribution in [0.1, 0.15) is 40.8 Å². The highest BCUT2D eigenvalue weighted by atomic mass is 35.5. The number of benzene rings is 2. The van der Waals surface area contributed by atoms with Crippen LogP contribution in [-0.2, 0) is 30.0 Å². The van der Waals surface area contributed by atoms with Crippen molar-refractivity contribution in [3.8, 4) is 11.5 Å². The maximum absolute atomic E-state index is 11.6. The first-order valence-corrected chi connectivity index (χ1v) is 13.9. The number of nitrogens with zero attached hydrogens (tertiary/aromatic N) is 4. The zero-order valence-corrected chi connectivity index (χ0v) is 22.8. The van der Waals surface area contributed by atoms with Crippen LogP contribution in [0.2, 0.25) is 5.02 Å². The van der Waals surface area contributed by atoms with Crippen LogP contribution in [0.5, 0.6) is 11.5 Å². The lowest BCUT2D eigenvalue weighted by atomic mass is 9.91. The second kappa shape index (κ2) is 9.76. The number of ether oxygens (including phenoxy) is 3. The van der Waals surface area contributed by atoms with E-state index >= 15 is 0 Å². The van der Waals surface area contributed by atoms with Crippen molar-refractivity contribution < 1.29 is 24.1 Å². The van der Waals surface area contributed by atoms with Gasteiger partial charge in [0.25, 0.3) is 5.79 Å². The second-order valence-electron chi connectivity index (χ2n) is 10.9. The van der Waals surface area contributed by atoms with Crippen molar-refractivity contribution in [3.05, 3.63) is 82.4 Å². The van der Waals surface area contributed by atoms with Gasteiger partial charge in [0.05, 0.1) is 40.8 Å². The van der Waals surface area contributed by atoms with Gasteiger partial charge in [-0.15, -0.1) is 0 Å². The summed E-state index contributed by atoms with van der Waals surface area (Å²) < 4.78 is 20.4. The molecule has 2 unspecified atom stereocenters. The van der Waals surface area contributed by atoms with E-state index in [0.717, 1.165) is 66.5 Å². The predicted molar refractivity (Wildman–Crippen MR) is 148 cm³/mol. The second-order valence-corrected chi connectivity index (χ2v) is 11.4. The van der Waals surface area contributed by atoms with Gasteiger partial charge in [-0.3, -0.25) is 9.88 Å². The number of pyridine rings is 1. The Morgan fingerprint density at radius 2 is 2.02 bits per heavy atom. The van der Waals surface area contributed by atoms with E-state index in [-0.39, 0.29) is 11.7 Å². The lowest BCUT2D eigenvalue weighted by Gasteiger charge is -2.39. The topological polar surface area (TPSA) is 98.9 Å². The van der Waals surface area contributed by atoms with Crippen LogP contribution in [0.25, 0.3) is 11.0 Å². The molecule has 0 amide bonds. The summed E-state index contributed by atoms with van der Waals surface area (Å²) in [7, 11) is 0. The predicted octanol–water partition coefficient (Wildman–Crippen LogP) is 4.89. The number of fused-ring (bicyclic) bond motifs is 2. The monoisotopic (exact) mass is 560 g/mol. The lowest BCUT2D eigenvalue weighted by Crippen LogP contribution is -2.47. The third kappa shape index (κ3) is 4.58. The van der Waals surface area contributed by atoms with Gasteiger partial charge in [0.2, 0.25) is 0 Å². The Balaban J connectivity index is 1.04. The number of aromatic carboxylic acids is 1. The molecule has 0 bridgehead atoms. The Morgan fingerprint density at radius 1 is 1.18 bits per heavy atom. The summed E-state index contributed by atoms with van der Waals surface area (Å²) in [4.78, 5) is 23.2. The minimum Gasteiger partial charge on any atom is -0.478 e. The fraction of sp³-hybridized carbons (Fsp3) is 0.367. The van der Waals surface area contributed by atoms with Crippen LogP contribution in [0.4, 0.5) is 0 Å². The molecule has 4 aromatic rings. The van der Waals surface area contributed by atoms with Crippen LogP contribution >= 0.6 is 11.6 Å². The highest BCUT2D eigenvalue weighted by molar-refractivity contribution is 6.30. The molecule has 0 spiro atoms. The van der Waals surface area contributed by atoms with Crippen molar-refractivity contribution >= 4 is 28.6 Å². The standard InChI is InChI=1S/C30H29ClN4O5/c1-30(26-8-6-21(31)13-32-26)39-25-4-2-3-19(28(25)40-30)11-18-14-34(15-18)17-27-33-23-7-5-20(29(36)37)12-24(23)35(27)16-22-9-10-38-22/h2-8,12-13,18,22H,9-11,14-17H2,1H3,(H,36,37). The minimum absolute atomic E-state index is 0.143. The molecule has 2 atom stereocenters. The number of hydrogen-bond donors (Lipinski definition) is 1. The summed E-state index contributed by atoms with van der Waals surface area (Å²) in [5.74, 6) is 0.973. The van der Waals surface area contributed by atoms with Crippen LogP contribution in [0, 0.1) is 5.92 Å². The molecule has 206 valence electrons. The van der Waals surface area contributed by atoms with Gasteiger partial charge in [0.15, 0.2) is 11.5 Å². The highest BCUT2D eigenvalue weighted by Crippen LogP contribution is 2.46. The number of likely N-dealkylation sites (tertiary alicyclic amines) is 1. The zero-order valence-electron chi connectivity index (χ0n) is 22.0. The quantitative estimate of drug-likeness (QED) is 0.325. The smallest absolute Gasteiger partial charge is 0.335 e. The van der Waals surface area contributed by atoms with E-state index in [1.165, 1.54) is 0 Å². The molecule has 3 aliphatic rings. The molecule has 0 saturated carbocycles. The number of carbonyl (C=O) groups is 1. The van der Waals surface area contributed by atoms with Crippen LogP contribution in [0.15, 0.2) is 54.7 Å². The fourth-order valence-electron chi connectivity index (χ4n) is 5.80. The highest BCUT2D eigenvalue weighted by Gasteiger charge is 2.42. The van der Waals surface area contributed by atoms with Gasteiger partial charge >= 0.3 is 5.97 Å². The normalized spacial score (nSPS) is 22.3. The molecule has 2 fully saturated rings. The average Bonchev–Trinajstić information content (AvgIpc) is 3.42. The van der Waals surface area contributed by atoms with Gasteiger partial charge < -0.3 is 23.9 Å². The molecule has 7 rings (SSSR count). The number of carboxylic acid groups (broad SMARTS) is 1. The van der Waals surface area contributed by atoms with E-state index in [9.17, 15) is 9.90 Å². The van der Waals surface area contributed by atoms with E-state index in [2.05, 4.69) is 20.5 Å². The minimum atomic E-state index is -1.00. The number of para-hydroxylation sites is 1. The molecular weight excluding hydrogens is 532 g/mol. The van der Waals surface area contributed by atoms with Gasteiger partial charge in [-0.2, -0.15) is 0 Å². The van der Waals surface area contributed by atoms with Crippen molar-refractivity contribution in [2.75, 3.05) is 19.7 Å². The van der Waals surface area contributed by atoms with E-state index < -0.39 is 11.8 Å². The molecule has 2 saturated heterocycles. The Bertz CT molecular complexity index is 1600. The van der Waals surface area contributed by atoms with Crippen molar-refractivity contribution in [2.24, 2.45) is 5.92 Å². The molecule has 40 heavy (non-hydrogen) atoms. The number of aromatic nitrogens is 3. The largest absolute Gasteiger partial charge is 0.478 e.